The first-order valence-electron chi connectivity index (χ1n) is 24.6. The third-order valence-corrected chi connectivity index (χ3v) is 14.8. The largest absolute Gasteiger partial charge is 0.371 e. The first-order valence-corrected chi connectivity index (χ1v) is 24.6. The number of amides is 3. The van der Waals surface area contributed by atoms with Crippen LogP contribution in [0.3, 0.4) is 0 Å². The smallest absolute Gasteiger partial charge is 0.249 e. The van der Waals surface area contributed by atoms with Crippen molar-refractivity contribution in [3.63, 3.8) is 0 Å². The Balaban J connectivity index is 1.26. The van der Waals surface area contributed by atoms with E-state index in [4.69, 9.17) is 14.2 Å². The lowest BCUT2D eigenvalue weighted by Gasteiger charge is -2.42. The summed E-state index contributed by atoms with van der Waals surface area (Å²) in [5, 5.41) is 0. The molecule has 5 saturated carbocycles. The Morgan fingerprint density at radius 2 is 0.789 bits per heavy atom. The fraction of sp³-hybridized carbons (Fsp3) is 0.938. The number of carbonyl (C=O) groups excluding carboxylic acids is 3. The maximum atomic E-state index is 14.1. The Kier molecular flexibility index (Phi) is 20.5. The summed E-state index contributed by atoms with van der Waals surface area (Å²) in [6.45, 7) is 7.53. The molecule has 328 valence electrons. The van der Waals surface area contributed by atoms with Gasteiger partial charge in [-0.25, -0.2) is 0 Å². The van der Waals surface area contributed by atoms with Crippen molar-refractivity contribution in [2.45, 2.75) is 243 Å². The van der Waals surface area contributed by atoms with E-state index in [-0.39, 0.29) is 63.4 Å². The Hall–Kier alpha value is -1.71. The highest BCUT2D eigenvalue weighted by atomic mass is 16.5. The van der Waals surface area contributed by atoms with E-state index in [1.807, 2.05) is 0 Å². The minimum Gasteiger partial charge on any atom is -0.371 e. The van der Waals surface area contributed by atoms with Gasteiger partial charge in [-0.05, 0) is 83.5 Å². The van der Waals surface area contributed by atoms with Crippen LogP contribution < -0.4 is 0 Å². The molecule has 5 fully saturated rings. The van der Waals surface area contributed by atoms with Crippen molar-refractivity contribution in [1.29, 1.82) is 0 Å². The van der Waals surface area contributed by atoms with Gasteiger partial charge in [-0.3, -0.25) is 14.4 Å². The van der Waals surface area contributed by atoms with Gasteiger partial charge in [0.1, 0.15) is 19.8 Å². The van der Waals surface area contributed by atoms with Gasteiger partial charge in [0.2, 0.25) is 17.7 Å². The van der Waals surface area contributed by atoms with Crippen LogP contribution in [0.15, 0.2) is 0 Å². The minimum atomic E-state index is -0.592. The fourth-order valence-electron chi connectivity index (χ4n) is 11.5. The summed E-state index contributed by atoms with van der Waals surface area (Å²) in [5.74, 6) is 0.322. The topological polar surface area (TPSA) is 88.6 Å². The van der Waals surface area contributed by atoms with Gasteiger partial charge in [0.15, 0.2) is 0 Å². The second kappa shape index (κ2) is 25.2. The Morgan fingerprint density at radius 1 is 0.474 bits per heavy atom. The molecule has 5 rings (SSSR count). The van der Waals surface area contributed by atoms with E-state index < -0.39 is 5.41 Å². The zero-order valence-electron chi connectivity index (χ0n) is 37.0. The lowest BCUT2D eigenvalue weighted by atomic mass is 9.87. The SMILES string of the molecule is CCCC(CC)N(C(=O)COCC(CC)(COCC(=O)N(C1CCCCC1)C1CCCCC1)COCC(=O)N(C1CCCCC1)C1CCCCC1)C1CCCCC1. The van der Waals surface area contributed by atoms with Crippen LogP contribution in [-0.4, -0.2) is 108 Å². The minimum absolute atomic E-state index is 0.0323. The number of nitrogens with zero attached hydrogens (tertiary/aromatic N) is 3. The summed E-state index contributed by atoms with van der Waals surface area (Å²) < 4.78 is 19.4. The van der Waals surface area contributed by atoms with Gasteiger partial charge in [-0.15, -0.1) is 0 Å². The van der Waals surface area contributed by atoms with Crippen LogP contribution in [0, 0.1) is 5.41 Å². The van der Waals surface area contributed by atoms with Crippen molar-refractivity contribution in [3.05, 3.63) is 0 Å². The molecule has 0 radical (unpaired) electrons. The molecule has 9 heteroatoms. The van der Waals surface area contributed by atoms with Crippen molar-refractivity contribution in [2.75, 3.05) is 39.6 Å². The molecular weight excluding hydrogens is 715 g/mol. The van der Waals surface area contributed by atoms with Crippen molar-refractivity contribution < 1.29 is 28.6 Å². The van der Waals surface area contributed by atoms with Crippen LogP contribution in [0.4, 0.5) is 0 Å². The normalized spacial score (nSPS) is 21.9. The van der Waals surface area contributed by atoms with Crippen LogP contribution in [0.1, 0.15) is 207 Å². The molecule has 1 atom stereocenters. The maximum Gasteiger partial charge on any atom is 0.249 e. The third kappa shape index (κ3) is 13.9. The van der Waals surface area contributed by atoms with Crippen LogP contribution in [-0.2, 0) is 28.6 Å². The molecule has 0 saturated heterocycles. The van der Waals surface area contributed by atoms with Crippen molar-refractivity contribution in [3.8, 4) is 0 Å². The molecule has 3 amide bonds. The third-order valence-electron chi connectivity index (χ3n) is 14.8. The van der Waals surface area contributed by atoms with Crippen LogP contribution in [0.2, 0.25) is 0 Å². The van der Waals surface area contributed by atoms with Gasteiger partial charge in [0, 0.05) is 41.7 Å². The standard InChI is InChI=1S/C48H85N3O6/c1-4-22-39(5-2)49(40-23-12-7-13-24-40)45(52)33-55-36-48(6-3,37-56-34-46(53)50(41-25-14-8-15-26-41)42-27-16-9-17-28-42)38-57-35-47(54)51(43-29-18-10-19-30-43)44-31-20-11-21-32-44/h39-44H,4-38H2,1-3H3. The first-order chi connectivity index (χ1) is 27.9. The first kappa shape index (κ1) is 46.4. The van der Waals surface area contributed by atoms with Gasteiger partial charge in [-0.1, -0.05) is 124 Å². The number of hydrogen-bond acceptors (Lipinski definition) is 6. The van der Waals surface area contributed by atoms with Crippen molar-refractivity contribution >= 4 is 17.7 Å². The van der Waals surface area contributed by atoms with Gasteiger partial charge in [0.05, 0.1) is 19.8 Å². The summed E-state index contributed by atoms with van der Waals surface area (Å²) in [4.78, 5) is 49.0. The molecule has 0 aromatic carbocycles. The summed E-state index contributed by atoms with van der Waals surface area (Å²) in [5.41, 5.74) is -0.592. The molecule has 0 heterocycles. The predicted octanol–water partition coefficient (Wildman–Crippen LogP) is 10.2. The molecule has 0 spiro atoms. The molecular formula is C48H85N3O6. The quantitative estimate of drug-likeness (QED) is 0.108. The van der Waals surface area contributed by atoms with Crippen LogP contribution in [0.25, 0.3) is 0 Å². The monoisotopic (exact) mass is 800 g/mol. The predicted molar refractivity (Wildman–Crippen MR) is 229 cm³/mol. The summed E-state index contributed by atoms with van der Waals surface area (Å²) in [6, 6.07) is 1.81. The highest BCUT2D eigenvalue weighted by molar-refractivity contribution is 5.79. The maximum absolute atomic E-state index is 14.1. The highest BCUT2D eigenvalue weighted by Gasteiger charge is 2.37. The zero-order valence-corrected chi connectivity index (χ0v) is 37.0. The molecule has 57 heavy (non-hydrogen) atoms. The molecule has 9 nitrogen and oxygen atoms in total. The van der Waals surface area contributed by atoms with E-state index in [0.717, 1.165) is 83.5 Å². The average Bonchev–Trinajstić information content (AvgIpc) is 3.25. The molecule has 5 aliphatic carbocycles. The molecule has 0 aliphatic heterocycles. The second-order valence-electron chi connectivity index (χ2n) is 19.0. The summed E-state index contributed by atoms with van der Waals surface area (Å²) in [7, 11) is 0. The van der Waals surface area contributed by atoms with E-state index in [2.05, 4.69) is 35.5 Å². The summed E-state index contributed by atoms with van der Waals surface area (Å²) in [6.07, 6.45) is 32.9. The van der Waals surface area contributed by atoms with Gasteiger partial charge in [0.25, 0.3) is 0 Å². The average molecular weight is 800 g/mol. The second-order valence-corrected chi connectivity index (χ2v) is 19.0. The lowest BCUT2D eigenvalue weighted by molar-refractivity contribution is -0.151. The van der Waals surface area contributed by atoms with Gasteiger partial charge >= 0.3 is 0 Å². The molecule has 5 aliphatic rings. The molecule has 0 aromatic rings. The molecule has 0 bridgehead atoms. The fourth-order valence-corrected chi connectivity index (χ4v) is 11.5. The van der Waals surface area contributed by atoms with Crippen molar-refractivity contribution in [2.24, 2.45) is 5.41 Å². The Morgan fingerprint density at radius 3 is 1.09 bits per heavy atom. The number of hydrogen-bond donors (Lipinski definition) is 0. The molecule has 1 unspecified atom stereocenters. The number of ether oxygens (including phenoxy) is 3. The van der Waals surface area contributed by atoms with E-state index >= 15 is 0 Å². The Labute approximate surface area is 348 Å². The Bertz CT molecular complexity index is 985. The van der Waals surface area contributed by atoms with E-state index in [0.29, 0.717) is 36.6 Å². The lowest BCUT2D eigenvalue weighted by Crippen LogP contribution is -2.51. The van der Waals surface area contributed by atoms with E-state index in [1.54, 1.807) is 0 Å². The molecule has 0 N–H and O–H groups in total. The molecule has 0 aromatic heterocycles. The van der Waals surface area contributed by atoms with E-state index in [9.17, 15) is 14.4 Å². The summed E-state index contributed by atoms with van der Waals surface area (Å²) >= 11 is 0. The van der Waals surface area contributed by atoms with Crippen LogP contribution in [0.5, 0.6) is 0 Å². The van der Waals surface area contributed by atoms with Gasteiger partial charge < -0.3 is 28.9 Å². The van der Waals surface area contributed by atoms with E-state index in [1.165, 1.54) is 96.3 Å². The number of rotatable bonds is 22. The number of carbonyl (C=O) groups is 3. The zero-order chi connectivity index (χ0) is 40.3. The van der Waals surface area contributed by atoms with Crippen molar-refractivity contribution in [1.82, 2.24) is 14.7 Å². The highest BCUT2D eigenvalue weighted by Crippen LogP contribution is 2.33. The van der Waals surface area contributed by atoms with Crippen LogP contribution >= 0.6 is 0 Å². The van der Waals surface area contributed by atoms with Gasteiger partial charge in [-0.2, -0.15) is 0 Å².